The zero-order chi connectivity index (χ0) is 27.4. The molecule has 0 bridgehead atoms. The number of pyridine rings is 1. The van der Waals surface area contributed by atoms with Gasteiger partial charge in [-0.1, -0.05) is 11.6 Å². The normalized spacial score (nSPS) is 11.4. The Morgan fingerprint density at radius 2 is 2.05 bits per heavy atom. The maximum absolute atomic E-state index is 14.3. The Morgan fingerprint density at radius 3 is 2.68 bits per heavy atom. The fourth-order valence-corrected chi connectivity index (χ4v) is 4.01. The Kier molecular flexibility index (Phi) is 7.55. The van der Waals surface area contributed by atoms with Crippen molar-refractivity contribution < 1.29 is 23.1 Å². The minimum absolute atomic E-state index is 0.0316. The zero-order valence-electron chi connectivity index (χ0n) is 19.8. The quantitative estimate of drug-likeness (QED) is 0.349. The second-order valence-corrected chi connectivity index (χ2v) is 8.43. The lowest BCUT2D eigenvalue weighted by molar-refractivity contribution is -0.119. The molecule has 0 saturated carbocycles. The molecule has 12 heteroatoms. The molecule has 0 aliphatic rings. The van der Waals surface area contributed by atoms with Crippen LogP contribution in [0.2, 0.25) is 5.02 Å². The van der Waals surface area contributed by atoms with Crippen LogP contribution in [0.25, 0.3) is 11.1 Å². The number of oxazole rings is 1. The van der Waals surface area contributed by atoms with Gasteiger partial charge in [0.15, 0.2) is 5.89 Å². The Bertz CT molecular complexity index is 1630. The Morgan fingerprint density at radius 1 is 1.26 bits per heavy atom. The zero-order valence-corrected chi connectivity index (χ0v) is 20.5. The van der Waals surface area contributed by atoms with Gasteiger partial charge in [0.05, 0.1) is 43.1 Å². The van der Waals surface area contributed by atoms with Crippen molar-refractivity contribution in [1.29, 1.82) is 5.26 Å². The van der Waals surface area contributed by atoms with E-state index in [0.29, 0.717) is 16.1 Å². The third kappa shape index (κ3) is 5.40. The first-order chi connectivity index (χ1) is 18.2. The van der Waals surface area contributed by atoms with Gasteiger partial charge in [0.25, 0.3) is 11.5 Å². The molecule has 0 spiro atoms. The number of ether oxygens (including phenoxy) is 1. The van der Waals surface area contributed by atoms with E-state index < -0.39 is 29.2 Å². The van der Waals surface area contributed by atoms with E-state index in [2.05, 4.69) is 16.4 Å². The van der Waals surface area contributed by atoms with Gasteiger partial charge in [-0.3, -0.25) is 19.0 Å². The summed E-state index contributed by atoms with van der Waals surface area (Å²) in [6.07, 6.45) is 3.89. The largest absolute Gasteiger partial charge is 0.495 e. The molecule has 0 fully saturated rings. The van der Waals surface area contributed by atoms with Gasteiger partial charge in [0.1, 0.15) is 23.9 Å². The summed E-state index contributed by atoms with van der Waals surface area (Å²) in [5.74, 6) is -2.23. The van der Waals surface area contributed by atoms with Gasteiger partial charge in [-0.15, -0.1) is 0 Å². The van der Waals surface area contributed by atoms with Crippen LogP contribution in [0.4, 0.5) is 10.1 Å². The van der Waals surface area contributed by atoms with Crippen LogP contribution in [0.1, 0.15) is 27.9 Å². The summed E-state index contributed by atoms with van der Waals surface area (Å²) in [6, 6.07) is 10.0. The van der Waals surface area contributed by atoms with E-state index in [1.54, 1.807) is 6.07 Å². The maximum atomic E-state index is 14.3. The van der Waals surface area contributed by atoms with Crippen LogP contribution >= 0.6 is 11.6 Å². The molecule has 0 saturated heterocycles. The number of hydrogen-bond donors (Lipinski definition) is 2. The number of primary amides is 1. The molecule has 1 unspecified atom stereocenters. The molecule has 38 heavy (non-hydrogen) atoms. The third-order valence-electron chi connectivity index (χ3n) is 5.65. The van der Waals surface area contributed by atoms with Gasteiger partial charge in [-0.05, 0) is 36.4 Å². The molecular weight excluding hydrogens is 517 g/mol. The summed E-state index contributed by atoms with van der Waals surface area (Å²) < 4.78 is 26.1. The summed E-state index contributed by atoms with van der Waals surface area (Å²) in [5, 5.41) is 12.4. The molecule has 2 aromatic carbocycles. The Hall–Kier alpha value is -4.95. The highest BCUT2D eigenvalue weighted by Gasteiger charge is 2.26. The first-order valence-corrected chi connectivity index (χ1v) is 11.4. The van der Waals surface area contributed by atoms with E-state index in [9.17, 15) is 24.0 Å². The minimum Gasteiger partial charge on any atom is -0.495 e. The maximum Gasteiger partial charge on any atom is 0.252 e. The molecule has 1 atom stereocenters. The summed E-state index contributed by atoms with van der Waals surface area (Å²) in [5.41, 5.74) is 5.16. The Balaban J connectivity index is 1.78. The lowest BCUT2D eigenvalue weighted by Gasteiger charge is -2.20. The van der Waals surface area contributed by atoms with Crippen LogP contribution in [-0.4, -0.2) is 28.5 Å². The van der Waals surface area contributed by atoms with E-state index in [1.165, 1.54) is 50.0 Å². The Labute approximate surface area is 220 Å². The number of rotatable bonds is 8. The number of aromatic nitrogens is 2. The van der Waals surface area contributed by atoms with Crippen molar-refractivity contribution in [1.82, 2.24) is 9.55 Å². The average molecular weight is 536 g/mol. The highest BCUT2D eigenvalue weighted by Crippen LogP contribution is 2.33. The van der Waals surface area contributed by atoms with Gasteiger partial charge in [-0.25, -0.2) is 9.37 Å². The van der Waals surface area contributed by atoms with Crippen LogP contribution in [0.5, 0.6) is 5.75 Å². The summed E-state index contributed by atoms with van der Waals surface area (Å²) >= 11 is 6.12. The fraction of sp³-hybridized carbons (Fsp3) is 0.115. The smallest absolute Gasteiger partial charge is 0.252 e. The van der Waals surface area contributed by atoms with Crippen molar-refractivity contribution in [3.63, 3.8) is 0 Å². The number of methoxy groups -OCH3 is 1. The number of carbonyl (C=O) groups excluding carboxylic acids is 2. The summed E-state index contributed by atoms with van der Waals surface area (Å²) in [7, 11) is 1.37. The van der Waals surface area contributed by atoms with Crippen LogP contribution in [0.15, 0.2) is 70.3 Å². The molecule has 2 heterocycles. The third-order valence-corrected chi connectivity index (χ3v) is 5.88. The van der Waals surface area contributed by atoms with Crippen molar-refractivity contribution in [3.05, 3.63) is 99.3 Å². The van der Waals surface area contributed by atoms with E-state index >= 15 is 0 Å². The highest BCUT2D eigenvalue weighted by molar-refractivity contribution is 6.31. The van der Waals surface area contributed by atoms with Crippen molar-refractivity contribution in [3.8, 4) is 22.9 Å². The molecule has 0 aliphatic heterocycles. The second kappa shape index (κ2) is 11.0. The molecule has 2 amide bonds. The molecular formula is C26H19ClFN5O5. The standard InChI is InChI=1S/C26H19ClFN5O5/c1-37-22-13-33(24(34)10-19(22)18-8-15(27)3-2-14(18)12-29)21(11-23-31-6-7-38-23)26(36)32-16-4-5-17(25(30)35)20(28)9-16/h2-10,13,21H,11H2,1H3,(H2,30,35)(H,32,36). The van der Waals surface area contributed by atoms with Crippen LogP contribution in [0, 0.1) is 17.1 Å². The van der Waals surface area contributed by atoms with Crippen molar-refractivity contribution in [2.75, 3.05) is 12.4 Å². The average Bonchev–Trinajstić information content (AvgIpc) is 3.40. The SMILES string of the molecule is COc1cn(C(Cc2ncco2)C(=O)Nc2ccc(C(N)=O)c(F)c2)c(=O)cc1-c1cc(Cl)ccc1C#N. The topological polar surface area (TPSA) is 153 Å². The summed E-state index contributed by atoms with van der Waals surface area (Å²) in [4.78, 5) is 42.0. The minimum atomic E-state index is -1.21. The van der Waals surface area contributed by atoms with Crippen LogP contribution in [0.3, 0.4) is 0 Å². The predicted octanol–water partition coefficient (Wildman–Crippen LogP) is 3.70. The fourth-order valence-electron chi connectivity index (χ4n) is 3.84. The second-order valence-electron chi connectivity index (χ2n) is 8.00. The number of halogens is 2. The molecule has 4 rings (SSSR count). The number of benzene rings is 2. The monoisotopic (exact) mass is 535 g/mol. The van der Waals surface area contributed by atoms with E-state index in [0.717, 1.165) is 16.7 Å². The molecule has 0 radical (unpaired) electrons. The lowest BCUT2D eigenvalue weighted by atomic mass is 10.00. The molecule has 3 N–H and O–H groups in total. The van der Waals surface area contributed by atoms with Crippen molar-refractivity contribution >= 4 is 29.1 Å². The van der Waals surface area contributed by atoms with Gasteiger partial charge < -0.3 is 20.2 Å². The number of nitrogens with two attached hydrogens (primary N) is 1. The van der Waals surface area contributed by atoms with Crippen molar-refractivity contribution in [2.45, 2.75) is 12.5 Å². The number of hydrogen-bond acceptors (Lipinski definition) is 7. The first-order valence-electron chi connectivity index (χ1n) is 11.0. The van der Waals surface area contributed by atoms with Gasteiger partial charge in [0.2, 0.25) is 5.91 Å². The highest BCUT2D eigenvalue weighted by atomic mass is 35.5. The number of nitrogens with zero attached hydrogens (tertiary/aromatic N) is 3. The molecule has 4 aromatic rings. The number of carbonyl (C=O) groups is 2. The van der Waals surface area contributed by atoms with E-state index in [1.807, 2.05) is 0 Å². The van der Waals surface area contributed by atoms with Gasteiger partial charge in [-0.2, -0.15) is 5.26 Å². The van der Waals surface area contributed by atoms with Crippen LogP contribution < -0.4 is 21.3 Å². The molecule has 2 aromatic heterocycles. The van der Waals surface area contributed by atoms with Gasteiger partial charge in [0, 0.05) is 27.9 Å². The molecule has 10 nitrogen and oxygen atoms in total. The van der Waals surface area contributed by atoms with Gasteiger partial charge >= 0.3 is 0 Å². The number of nitrogens with one attached hydrogen (secondary N) is 1. The lowest BCUT2D eigenvalue weighted by Crippen LogP contribution is -2.34. The molecule has 192 valence electrons. The molecule has 0 aliphatic carbocycles. The number of anilines is 1. The van der Waals surface area contributed by atoms with E-state index in [-0.39, 0.29) is 34.9 Å². The van der Waals surface area contributed by atoms with E-state index in [4.69, 9.17) is 26.5 Å². The summed E-state index contributed by atoms with van der Waals surface area (Å²) in [6.45, 7) is 0. The van der Waals surface area contributed by atoms with Crippen molar-refractivity contribution in [2.24, 2.45) is 5.73 Å². The number of amides is 2. The predicted molar refractivity (Wildman–Crippen MR) is 135 cm³/mol. The first kappa shape index (κ1) is 26.1. The number of nitriles is 1. The van der Waals surface area contributed by atoms with Crippen LogP contribution in [-0.2, 0) is 11.2 Å².